The highest BCUT2D eigenvalue weighted by Crippen LogP contribution is 2.32. The molecule has 0 bridgehead atoms. The largest absolute Gasteiger partial charge is 0.383 e. The van der Waals surface area contributed by atoms with Crippen LogP contribution < -0.4 is 11.1 Å². The number of hydrogen-bond donors (Lipinski definition) is 2. The van der Waals surface area contributed by atoms with Gasteiger partial charge >= 0.3 is 0 Å². The van der Waals surface area contributed by atoms with Crippen LogP contribution in [0.2, 0.25) is 0 Å². The Morgan fingerprint density at radius 1 is 1.00 bits per heavy atom. The number of rotatable bonds is 6. The predicted molar refractivity (Wildman–Crippen MR) is 134 cm³/mol. The summed E-state index contributed by atoms with van der Waals surface area (Å²) in [4.78, 5) is 8.77. The van der Waals surface area contributed by atoms with E-state index in [0.717, 1.165) is 28.4 Å². The molecule has 0 spiro atoms. The number of benzene rings is 3. The summed E-state index contributed by atoms with van der Waals surface area (Å²) in [6.45, 7) is 2.01. The van der Waals surface area contributed by atoms with E-state index in [9.17, 15) is 4.39 Å². The van der Waals surface area contributed by atoms with Crippen molar-refractivity contribution >= 4 is 22.3 Å². The van der Waals surface area contributed by atoms with Crippen LogP contribution in [0, 0.1) is 11.6 Å². The lowest BCUT2D eigenvalue weighted by molar-refractivity contribution is 0.590. The molecular formula is C27H24F2N6. The van der Waals surface area contributed by atoms with E-state index in [4.69, 9.17) is 5.73 Å². The molecule has 3 aromatic carbocycles. The average Bonchev–Trinajstić information content (AvgIpc) is 3.24. The number of nitrogens with zero attached hydrogens (tertiary/aromatic N) is 4. The van der Waals surface area contributed by atoms with Crippen molar-refractivity contribution in [1.29, 1.82) is 0 Å². The van der Waals surface area contributed by atoms with Gasteiger partial charge in [0.2, 0.25) is 0 Å². The van der Waals surface area contributed by atoms with Crippen LogP contribution in [0.15, 0.2) is 72.9 Å². The van der Waals surface area contributed by atoms with Gasteiger partial charge in [0.25, 0.3) is 0 Å². The van der Waals surface area contributed by atoms with Crippen molar-refractivity contribution in [3.05, 3.63) is 102 Å². The Labute approximate surface area is 201 Å². The molecule has 0 radical (unpaired) electrons. The van der Waals surface area contributed by atoms with Gasteiger partial charge in [0.05, 0.1) is 5.56 Å². The number of aromatic nitrogens is 4. The minimum Gasteiger partial charge on any atom is -0.383 e. The van der Waals surface area contributed by atoms with Crippen molar-refractivity contribution in [1.82, 2.24) is 19.7 Å². The number of fused-ring (bicyclic) bond motifs is 1. The van der Waals surface area contributed by atoms with Gasteiger partial charge in [-0.05, 0) is 59.8 Å². The molecule has 6 nitrogen and oxygen atoms in total. The van der Waals surface area contributed by atoms with Crippen LogP contribution in [-0.2, 0) is 13.5 Å². The minimum atomic E-state index is -0.684. The lowest BCUT2D eigenvalue weighted by Crippen LogP contribution is -2.19. The predicted octanol–water partition coefficient (Wildman–Crippen LogP) is 5.65. The number of nitrogen functional groups attached to an aromatic ring is 1. The zero-order chi connectivity index (χ0) is 24.5. The highest BCUT2D eigenvalue weighted by atomic mass is 19.1. The summed E-state index contributed by atoms with van der Waals surface area (Å²) < 4.78 is 31.2. The molecule has 2 heterocycles. The van der Waals surface area contributed by atoms with E-state index in [1.165, 1.54) is 12.1 Å². The molecule has 2 aromatic heterocycles. The summed E-state index contributed by atoms with van der Waals surface area (Å²) in [6.07, 6.45) is 2.40. The normalized spacial score (nSPS) is 12.1. The van der Waals surface area contributed by atoms with Crippen LogP contribution in [0.1, 0.15) is 29.9 Å². The van der Waals surface area contributed by atoms with Gasteiger partial charge in [0.1, 0.15) is 23.5 Å². The van der Waals surface area contributed by atoms with E-state index in [1.807, 2.05) is 37.3 Å². The van der Waals surface area contributed by atoms with Crippen molar-refractivity contribution in [3.63, 3.8) is 0 Å². The quantitative estimate of drug-likeness (QED) is 0.335. The first kappa shape index (κ1) is 22.5. The van der Waals surface area contributed by atoms with Gasteiger partial charge in [0, 0.05) is 29.9 Å². The number of hydrogen-bond acceptors (Lipinski definition) is 5. The molecule has 0 aliphatic heterocycles. The molecule has 0 saturated heterocycles. The van der Waals surface area contributed by atoms with Crippen molar-refractivity contribution < 1.29 is 8.78 Å². The Kier molecular flexibility index (Phi) is 5.86. The monoisotopic (exact) mass is 470 g/mol. The summed E-state index contributed by atoms with van der Waals surface area (Å²) in [5, 5.41) is 9.58. The van der Waals surface area contributed by atoms with E-state index in [2.05, 4.69) is 20.4 Å². The van der Waals surface area contributed by atoms with Crippen molar-refractivity contribution in [3.8, 4) is 11.4 Å². The molecule has 1 atom stereocenters. The highest BCUT2D eigenvalue weighted by Gasteiger charge is 2.25. The maximum absolute atomic E-state index is 15.2. The molecule has 5 rings (SSSR count). The van der Waals surface area contributed by atoms with Crippen molar-refractivity contribution in [2.75, 3.05) is 11.1 Å². The SMILES string of the molecule is CCc1ccc(F)c(C(Nc2ccc3c(N)nccc3c2)c2nc(-c3ccccc3F)nn2C)c1. The Morgan fingerprint density at radius 2 is 1.83 bits per heavy atom. The molecule has 0 fully saturated rings. The molecule has 5 aromatic rings. The van der Waals surface area contributed by atoms with E-state index < -0.39 is 11.9 Å². The Balaban J connectivity index is 1.64. The van der Waals surface area contributed by atoms with Crippen molar-refractivity contribution in [2.24, 2.45) is 7.05 Å². The zero-order valence-corrected chi connectivity index (χ0v) is 19.3. The first-order valence-electron chi connectivity index (χ1n) is 11.3. The van der Waals surface area contributed by atoms with Crippen molar-refractivity contribution in [2.45, 2.75) is 19.4 Å². The van der Waals surface area contributed by atoms with Crippen LogP contribution >= 0.6 is 0 Å². The van der Waals surface area contributed by atoms with Crippen LogP contribution in [-0.4, -0.2) is 19.7 Å². The fourth-order valence-corrected chi connectivity index (χ4v) is 4.18. The summed E-state index contributed by atoms with van der Waals surface area (Å²) in [6, 6.07) is 18.2. The highest BCUT2D eigenvalue weighted by molar-refractivity contribution is 5.92. The Hall–Kier alpha value is -4.33. The average molecular weight is 471 g/mol. The molecule has 1 unspecified atom stereocenters. The summed E-state index contributed by atoms with van der Waals surface area (Å²) in [5.74, 6) is 0.329. The smallest absolute Gasteiger partial charge is 0.184 e. The maximum Gasteiger partial charge on any atom is 0.184 e. The molecule has 176 valence electrons. The van der Waals surface area contributed by atoms with E-state index in [-0.39, 0.29) is 17.2 Å². The topological polar surface area (TPSA) is 81.7 Å². The summed E-state index contributed by atoms with van der Waals surface area (Å²) in [5.41, 5.74) is 8.43. The van der Waals surface area contributed by atoms with Gasteiger partial charge in [-0.2, -0.15) is 5.10 Å². The lowest BCUT2D eigenvalue weighted by Gasteiger charge is -2.21. The first-order chi connectivity index (χ1) is 16.9. The number of nitrogens with one attached hydrogen (secondary N) is 1. The van der Waals surface area contributed by atoms with Crippen LogP contribution in [0.3, 0.4) is 0 Å². The number of aryl methyl sites for hydroxylation is 2. The van der Waals surface area contributed by atoms with Crippen LogP contribution in [0.4, 0.5) is 20.3 Å². The van der Waals surface area contributed by atoms with Gasteiger partial charge in [-0.15, -0.1) is 0 Å². The Morgan fingerprint density at radius 3 is 2.63 bits per heavy atom. The second-order valence-corrected chi connectivity index (χ2v) is 8.32. The second-order valence-electron chi connectivity index (χ2n) is 8.32. The third kappa shape index (κ3) is 4.30. The number of nitrogens with two attached hydrogens (primary N) is 1. The van der Waals surface area contributed by atoms with E-state index in [1.54, 1.807) is 42.2 Å². The third-order valence-electron chi connectivity index (χ3n) is 6.06. The molecule has 8 heteroatoms. The lowest BCUT2D eigenvalue weighted by atomic mass is 10.0. The fraction of sp³-hybridized carbons (Fsp3) is 0.148. The summed E-state index contributed by atoms with van der Waals surface area (Å²) in [7, 11) is 1.72. The van der Waals surface area contributed by atoms with E-state index in [0.29, 0.717) is 17.2 Å². The number of pyridine rings is 1. The molecule has 35 heavy (non-hydrogen) atoms. The van der Waals surface area contributed by atoms with Gasteiger partial charge in [-0.3, -0.25) is 4.68 Å². The van der Waals surface area contributed by atoms with Gasteiger partial charge in [-0.25, -0.2) is 18.7 Å². The number of halogens is 2. The summed E-state index contributed by atoms with van der Waals surface area (Å²) >= 11 is 0. The van der Waals surface area contributed by atoms with Crippen LogP contribution in [0.5, 0.6) is 0 Å². The van der Waals surface area contributed by atoms with E-state index >= 15 is 4.39 Å². The Bertz CT molecular complexity index is 1530. The third-order valence-corrected chi connectivity index (χ3v) is 6.06. The van der Waals surface area contributed by atoms with Crippen LogP contribution in [0.25, 0.3) is 22.2 Å². The molecule has 3 N–H and O–H groups in total. The molecule has 0 saturated carbocycles. The van der Waals surface area contributed by atoms with Gasteiger partial charge < -0.3 is 11.1 Å². The standard InChI is InChI=1S/C27H24F2N6/c1-3-16-8-11-23(29)21(14-16)24(32-18-9-10-19-17(15-18)12-13-31-25(19)30)27-33-26(34-35(27)2)20-6-4-5-7-22(20)28/h4-15,24,32H,3H2,1-2H3,(H2,30,31). The minimum absolute atomic E-state index is 0.233. The molecular weight excluding hydrogens is 446 g/mol. The zero-order valence-electron chi connectivity index (χ0n) is 19.3. The molecule has 0 aliphatic carbocycles. The number of anilines is 2. The fourth-order valence-electron chi connectivity index (χ4n) is 4.18. The van der Waals surface area contributed by atoms with Gasteiger partial charge in [-0.1, -0.05) is 31.2 Å². The first-order valence-corrected chi connectivity index (χ1v) is 11.3. The molecule has 0 amide bonds. The second kappa shape index (κ2) is 9.13. The van der Waals surface area contributed by atoms with Gasteiger partial charge in [0.15, 0.2) is 11.6 Å². The maximum atomic E-state index is 15.2. The molecule has 0 aliphatic rings.